The van der Waals surface area contributed by atoms with E-state index in [-0.39, 0.29) is 6.54 Å². The summed E-state index contributed by atoms with van der Waals surface area (Å²) in [5, 5.41) is 11.6. The largest absolute Gasteiger partial charge is 0.511 e. The predicted molar refractivity (Wildman–Crippen MR) is 109 cm³/mol. The number of hydrogen-bond donors (Lipinski definition) is 4. The summed E-state index contributed by atoms with van der Waals surface area (Å²) in [6.07, 6.45) is -6.22. The number of urea groups is 1. The number of carbonyl (C=O) groups is 3. The average Bonchev–Trinajstić information content (AvgIpc) is 3.02. The molecule has 0 aromatic heterocycles. The lowest BCUT2D eigenvalue weighted by Gasteiger charge is -2.38. The molecular formula is C19H19F3N6O5. The van der Waals surface area contributed by atoms with E-state index in [0.717, 1.165) is 23.2 Å². The van der Waals surface area contributed by atoms with Crippen molar-refractivity contribution in [3.05, 3.63) is 53.9 Å². The molecule has 1 aromatic carbocycles. The molecule has 0 saturated carbocycles. The molecule has 2 heterocycles. The third-order valence-corrected chi connectivity index (χ3v) is 4.96. The van der Waals surface area contributed by atoms with Gasteiger partial charge in [0.15, 0.2) is 5.76 Å². The van der Waals surface area contributed by atoms with Gasteiger partial charge >= 0.3 is 18.4 Å². The van der Waals surface area contributed by atoms with Gasteiger partial charge in [0.25, 0.3) is 5.91 Å². The summed E-state index contributed by atoms with van der Waals surface area (Å²) in [5.41, 5.74) is 7.72. The van der Waals surface area contributed by atoms with Crippen LogP contribution in [0, 0.1) is 0 Å². The molecule has 2 atom stereocenters. The van der Waals surface area contributed by atoms with Gasteiger partial charge in [-0.2, -0.15) is 13.2 Å². The molecule has 3 rings (SSSR count). The zero-order valence-electron chi connectivity index (χ0n) is 17.1. The highest BCUT2D eigenvalue weighted by Crippen LogP contribution is 2.41. The second kappa shape index (κ2) is 8.12. The molecule has 11 nitrogen and oxygen atoms in total. The SMILES string of the molecule is C=CC1(C)CN(C2=NC=C(OC(=O)O)C(N)N2c2c(C(N)=O)cccc2C(F)(F)F)C(=O)N1. The summed E-state index contributed by atoms with van der Waals surface area (Å²) in [7, 11) is 0. The predicted octanol–water partition coefficient (Wildman–Crippen LogP) is 1.77. The van der Waals surface area contributed by atoms with Crippen LogP contribution in [-0.4, -0.2) is 52.3 Å². The number of nitrogens with zero attached hydrogens (tertiary/aromatic N) is 3. The lowest BCUT2D eigenvalue weighted by molar-refractivity contribution is -0.137. The highest BCUT2D eigenvalue weighted by molar-refractivity contribution is 6.11. The molecule has 1 saturated heterocycles. The van der Waals surface area contributed by atoms with E-state index >= 15 is 0 Å². The maximum Gasteiger partial charge on any atom is 0.511 e. The Morgan fingerprint density at radius 1 is 1.42 bits per heavy atom. The Morgan fingerprint density at radius 3 is 2.61 bits per heavy atom. The monoisotopic (exact) mass is 468 g/mol. The Bertz CT molecular complexity index is 1100. The van der Waals surface area contributed by atoms with Crippen molar-refractivity contribution in [3.63, 3.8) is 0 Å². The van der Waals surface area contributed by atoms with Crippen LogP contribution in [0.15, 0.2) is 47.8 Å². The van der Waals surface area contributed by atoms with Crippen LogP contribution in [0.2, 0.25) is 0 Å². The van der Waals surface area contributed by atoms with Gasteiger partial charge in [-0.3, -0.25) is 14.6 Å². The van der Waals surface area contributed by atoms with Gasteiger partial charge in [-0.1, -0.05) is 12.1 Å². The topological polar surface area (TPSA) is 164 Å². The van der Waals surface area contributed by atoms with Crippen molar-refractivity contribution in [2.24, 2.45) is 16.5 Å². The van der Waals surface area contributed by atoms with Gasteiger partial charge in [0, 0.05) is 0 Å². The smallest absolute Gasteiger partial charge is 0.449 e. The standard InChI is InChI=1S/C19H19F3N6O5/c1-3-18(2)8-27(16(30)26-18)15-25-7-11(33-17(31)32)13(23)28(15)12-9(14(24)29)5-4-6-10(12)19(20,21)22/h3-7,13H,1,8,23H2,2H3,(H2,24,29)(H,26,30)(H,31,32). The fourth-order valence-corrected chi connectivity index (χ4v) is 3.40. The summed E-state index contributed by atoms with van der Waals surface area (Å²) in [6, 6.07) is 1.95. The molecule has 1 fully saturated rings. The summed E-state index contributed by atoms with van der Waals surface area (Å²) in [6.45, 7) is 5.12. The molecule has 3 amide bonds. The maximum atomic E-state index is 13.9. The lowest BCUT2D eigenvalue weighted by atomic mass is 10.0. The van der Waals surface area contributed by atoms with E-state index in [1.54, 1.807) is 6.92 Å². The van der Waals surface area contributed by atoms with E-state index < -0.39 is 64.5 Å². The van der Waals surface area contributed by atoms with Gasteiger partial charge < -0.3 is 26.6 Å². The highest BCUT2D eigenvalue weighted by Gasteiger charge is 2.46. The molecular weight excluding hydrogens is 449 g/mol. The quantitative estimate of drug-likeness (QED) is 0.386. The average molecular weight is 468 g/mol. The lowest BCUT2D eigenvalue weighted by Crippen LogP contribution is -2.57. The van der Waals surface area contributed by atoms with E-state index in [9.17, 15) is 27.6 Å². The van der Waals surface area contributed by atoms with Crippen LogP contribution in [0.3, 0.4) is 0 Å². The van der Waals surface area contributed by atoms with Crippen LogP contribution in [0.4, 0.5) is 28.4 Å². The Morgan fingerprint density at radius 2 is 2.09 bits per heavy atom. The number of ether oxygens (including phenoxy) is 1. The molecule has 6 N–H and O–H groups in total. The number of para-hydroxylation sites is 1. The van der Waals surface area contributed by atoms with Crippen LogP contribution in [0.5, 0.6) is 0 Å². The number of nitrogens with two attached hydrogens (primary N) is 2. The van der Waals surface area contributed by atoms with Crippen molar-refractivity contribution >= 4 is 29.7 Å². The number of carbonyl (C=O) groups excluding carboxylic acids is 2. The Kier molecular flexibility index (Phi) is 5.81. The van der Waals surface area contributed by atoms with Crippen molar-refractivity contribution in [2.75, 3.05) is 11.4 Å². The second-order valence-electron chi connectivity index (χ2n) is 7.35. The molecule has 0 spiro atoms. The fraction of sp³-hybridized carbons (Fsp3) is 0.263. The minimum atomic E-state index is -4.98. The number of halogens is 3. The molecule has 176 valence electrons. The number of amides is 3. The van der Waals surface area contributed by atoms with Crippen LogP contribution in [0.25, 0.3) is 0 Å². The number of guanidine groups is 1. The number of rotatable bonds is 4. The van der Waals surface area contributed by atoms with Crippen LogP contribution in [0.1, 0.15) is 22.8 Å². The number of anilines is 1. The van der Waals surface area contributed by atoms with Gasteiger partial charge in [0.05, 0.1) is 35.1 Å². The summed E-state index contributed by atoms with van der Waals surface area (Å²) < 4.78 is 46.4. The molecule has 1 aromatic rings. The molecule has 0 aliphatic carbocycles. The van der Waals surface area contributed by atoms with E-state index in [1.165, 1.54) is 6.08 Å². The fourth-order valence-electron chi connectivity index (χ4n) is 3.40. The number of aliphatic imine (C=N–C) groups is 1. The van der Waals surface area contributed by atoms with Gasteiger partial charge in [-0.05, 0) is 19.1 Å². The molecule has 2 aliphatic heterocycles. The zero-order chi connectivity index (χ0) is 24.7. The van der Waals surface area contributed by atoms with Crippen LogP contribution >= 0.6 is 0 Å². The molecule has 14 heteroatoms. The summed E-state index contributed by atoms with van der Waals surface area (Å²) >= 11 is 0. The van der Waals surface area contributed by atoms with Crippen molar-refractivity contribution in [3.8, 4) is 0 Å². The third-order valence-electron chi connectivity index (χ3n) is 4.96. The van der Waals surface area contributed by atoms with Crippen LogP contribution < -0.4 is 21.7 Å². The Labute approximate surface area is 184 Å². The third kappa shape index (κ3) is 4.32. The minimum Gasteiger partial charge on any atom is -0.449 e. The van der Waals surface area contributed by atoms with E-state index in [4.69, 9.17) is 16.6 Å². The second-order valence-corrected chi connectivity index (χ2v) is 7.35. The summed E-state index contributed by atoms with van der Waals surface area (Å²) in [4.78, 5) is 41.4. The first-order valence-electron chi connectivity index (χ1n) is 9.26. The van der Waals surface area contributed by atoms with Gasteiger partial charge in [0.1, 0.15) is 6.17 Å². The van der Waals surface area contributed by atoms with E-state index in [0.29, 0.717) is 11.0 Å². The van der Waals surface area contributed by atoms with Crippen LogP contribution in [-0.2, 0) is 10.9 Å². The molecule has 2 unspecified atom stereocenters. The van der Waals surface area contributed by atoms with Crippen molar-refractivity contribution < 1.29 is 37.4 Å². The molecule has 33 heavy (non-hydrogen) atoms. The number of benzene rings is 1. The highest BCUT2D eigenvalue weighted by atomic mass is 19.4. The first-order chi connectivity index (χ1) is 15.3. The normalized spacial score (nSPS) is 22.9. The number of nitrogens with one attached hydrogen (secondary N) is 1. The Balaban J connectivity index is 2.28. The molecule has 0 radical (unpaired) electrons. The van der Waals surface area contributed by atoms with Crippen molar-refractivity contribution in [1.29, 1.82) is 0 Å². The van der Waals surface area contributed by atoms with Gasteiger partial charge in [-0.25, -0.2) is 14.6 Å². The minimum absolute atomic E-state index is 0.111. The number of carboxylic acid groups (broad SMARTS) is 1. The Hall–Kier alpha value is -4.07. The van der Waals surface area contributed by atoms with Crippen molar-refractivity contribution in [2.45, 2.75) is 24.8 Å². The van der Waals surface area contributed by atoms with E-state index in [2.05, 4.69) is 21.6 Å². The maximum absolute atomic E-state index is 13.9. The van der Waals surface area contributed by atoms with Gasteiger partial charge in [0.2, 0.25) is 5.96 Å². The van der Waals surface area contributed by atoms with Gasteiger partial charge in [-0.15, -0.1) is 6.58 Å². The van der Waals surface area contributed by atoms with Crippen molar-refractivity contribution in [1.82, 2.24) is 10.2 Å². The number of hydrogen-bond acceptors (Lipinski definition) is 7. The number of alkyl halides is 3. The molecule has 0 bridgehead atoms. The zero-order valence-corrected chi connectivity index (χ0v) is 17.1. The first-order valence-corrected chi connectivity index (χ1v) is 9.26. The first kappa shape index (κ1) is 23.6. The number of primary amides is 1. The molecule has 2 aliphatic rings. The summed E-state index contributed by atoms with van der Waals surface area (Å²) in [5.74, 6) is -2.19. The van der Waals surface area contributed by atoms with E-state index in [1.807, 2.05) is 0 Å².